The average Bonchev–Trinajstić information content (AvgIpc) is 3.35. The number of ether oxygens (including phenoxy) is 4. The van der Waals surface area contributed by atoms with E-state index < -0.39 is 29.6 Å². The van der Waals surface area contributed by atoms with Crippen molar-refractivity contribution in [2.45, 2.75) is 37.3 Å². The number of aromatic nitrogens is 2. The summed E-state index contributed by atoms with van der Waals surface area (Å²) in [4.78, 5) is 18.6. The van der Waals surface area contributed by atoms with Gasteiger partial charge in [-0.05, 0) is 16.7 Å². The van der Waals surface area contributed by atoms with Crippen molar-refractivity contribution in [2.75, 3.05) is 13.2 Å². The highest BCUT2D eigenvalue weighted by Crippen LogP contribution is 2.46. The minimum Gasteiger partial charge on any atom is -0.453 e. The molecule has 1 aromatic heterocycles. The Hall–Kier alpha value is -3.69. The van der Waals surface area contributed by atoms with Gasteiger partial charge in [0.05, 0.1) is 26.4 Å². The monoisotopic (exact) mass is 461 g/mol. The third-order valence-corrected chi connectivity index (χ3v) is 5.91. The van der Waals surface area contributed by atoms with Gasteiger partial charge in [0.1, 0.15) is 11.7 Å². The lowest BCUT2D eigenvalue weighted by Crippen LogP contribution is -2.52. The molecule has 2 aromatic carbocycles. The largest absolute Gasteiger partial charge is 0.453 e. The van der Waals surface area contributed by atoms with Gasteiger partial charge in [-0.15, -0.1) is 0 Å². The van der Waals surface area contributed by atoms with Crippen molar-refractivity contribution in [2.24, 2.45) is 5.11 Å². The van der Waals surface area contributed by atoms with Crippen LogP contribution in [0.3, 0.4) is 0 Å². The first kappa shape index (κ1) is 22.1. The molecule has 174 valence electrons. The van der Waals surface area contributed by atoms with E-state index in [1.807, 2.05) is 60.7 Å². The van der Waals surface area contributed by atoms with Crippen molar-refractivity contribution in [3.63, 3.8) is 0 Å². The van der Waals surface area contributed by atoms with Gasteiger partial charge in [-0.2, -0.15) is 4.98 Å². The molecule has 4 atom stereocenters. The van der Waals surface area contributed by atoms with Gasteiger partial charge in [0.15, 0.2) is 12.3 Å². The Morgan fingerprint density at radius 1 is 1.06 bits per heavy atom. The van der Waals surface area contributed by atoms with E-state index in [9.17, 15) is 4.79 Å². The maximum Gasteiger partial charge on any atom is 0.302 e. The Balaban J connectivity index is 1.43. The molecule has 1 fully saturated rings. The maximum atomic E-state index is 11.7. The van der Waals surface area contributed by atoms with Crippen LogP contribution in [-0.4, -0.2) is 40.5 Å². The standard InChI is InChI=1S/C24H23N5O5/c25-28-26-15-24(16-31-13-17-7-3-1-4-8-17)21(32-14-18-9-5-2-6-10-18)20-22(34-24)29-12-11-19(30)27-23(29)33-20/h1-12,20-22H,13-16H2/t20-,21-,22+,24+/m0/s1. The molecular formula is C24H23N5O5. The molecule has 0 amide bonds. The average molecular weight is 461 g/mol. The third-order valence-electron chi connectivity index (χ3n) is 5.91. The Labute approximate surface area is 195 Å². The van der Waals surface area contributed by atoms with Crippen molar-refractivity contribution >= 4 is 0 Å². The first-order valence-corrected chi connectivity index (χ1v) is 10.9. The van der Waals surface area contributed by atoms with E-state index in [1.165, 1.54) is 6.07 Å². The molecule has 0 saturated carbocycles. The summed E-state index contributed by atoms with van der Waals surface area (Å²) in [5, 5.41) is 3.82. The third kappa shape index (κ3) is 4.40. The van der Waals surface area contributed by atoms with Gasteiger partial charge in [0.25, 0.3) is 5.56 Å². The Kier molecular flexibility index (Phi) is 6.29. The molecular weight excluding hydrogens is 438 g/mol. The van der Waals surface area contributed by atoms with Crippen LogP contribution in [0.4, 0.5) is 0 Å². The number of rotatable bonds is 9. The first-order valence-electron chi connectivity index (χ1n) is 10.9. The molecule has 5 rings (SSSR count). The van der Waals surface area contributed by atoms with Crippen LogP contribution >= 0.6 is 0 Å². The number of hydrogen-bond donors (Lipinski definition) is 0. The second-order valence-corrected chi connectivity index (χ2v) is 8.20. The summed E-state index contributed by atoms with van der Waals surface area (Å²) in [7, 11) is 0. The highest BCUT2D eigenvalue weighted by molar-refractivity contribution is 5.18. The van der Waals surface area contributed by atoms with E-state index in [1.54, 1.807) is 10.8 Å². The molecule has 0 radical (unpaired) electrons. The zero-order chi connectivity index (χ0) is 23.4. The van der Waals surface area contributed by atoms with E-state index in [-0.39, 0.29) is 19.2 Å². The summed E-state index contributed by atoms with van der Waals surface area (Å²) < 4.78 is 26.5. The Morgan fingerprint density at radius 3 is 2.47 bits per heavy atom. The van der Waals surface area contributed by atoms with Gasteiger partial charge in [-0.25, -0.2) is 0 Å². The predicted molar refractivity (Wildman–Crippen MR) is 121 cm³/mol. The lowest BCUT2D eigenvalue weighted by molar-refractivity contribution is -0.153. The second kappa shape index (κ2) is 9.66. The molecule has 34 heavy (non-hydrogen) atoms. The molecule has 10 nitrogen and oxygen atoms in total. The summed E-state index contributed by atoms with van der Waals surface area (Å²) >= 11 is 0. The molecule has 0 N–H and O–H groups in total. The lowest BCUT2D eigenvalue weighted by atomic mass is 9.95. The van der Waals surface area contributed by atoms with Gasteiger partial charge < -0.3 is 18.9 Å². The van der Waals surface area contributed by atoms with Gasteiger partial charge in [-0.1, -0.05) is 65.8 Å². The highest BCUT2D eigenvalue weighted by Gasteiger charge is 2.61. The van der Waals surface area contributed by atoms with E-state index in [2.05, 4.69) is 15.0 Å². The molecule has 0 aliphatic carbocycles. The molecule has 0 spiro atoms. The Morgan fingerprint density at radius 2 is 1.76 bits per heavy atom. The summed E-state index contributed by atoms with van der Waals surface area (Å²) in [5.74, 6) is 0. The normalized spacial score (nSPS) is 24.6. The molecule has 2 aliphatic heterocycles. The van der Waals surface area contributed by atoms with Crippen molar-refractivity contribution in [3.05, 3.63) is 105 Å². The van der Waals surface area contributed by atoms with Gasteiger partial charge in [-0.3, -0.25) is 9.36 Å². The minimum absolute atomic E-state index is 0.0168. The predicted octanol–water partition coefficient (Wildman–Crippen LogP) is 3.38. The van der Waals surface area contributed by atoms with Crippen LogP contribution in [0.5, 0.6) is 6.01 Å². The van der Waals surface area contributed by atoms with Crippen LogP contribution in [0.1, 0.15) is 17.4 Å². The van der Waals surface area contributed by atoms with E-state index >= 15 is 0 Å². The summed E-state index contributed by atoms with van der Waals surface area (Å²) in [6.45, 7) is 0.741. The first-order chi connectivity index (χ1) is 16.7. The molecule has 3 aromatic rings. The smallest absolute Gasteiger partial charge is 0.302 e. The topological polar surface area (TPSA) is 121 Å². The van der Waals surface area contributed by atoms with Crippen LogP contribution in [0.15, 0.2) is 82.8 Å². The second-order valence-electron chi connectivity index (χ2n) is 8.20. The van der Waals surface area contributed by atoms with Crippen LogP contribution in [0.25, 0.3) is 10.4 Å². The van der Waals surface area contributed by atoms with E-state index in [0.29, 0.717) is 13.2 Å². The molecule has 3 heterocycles. The molecule has 0 bridgehead atoms. The van der Waals surface area contributed by atoms with E-state index in [4.69, 9.17) is 24.5 Å². The van der Waals surface area contributed by atoms with Crippen LogP contribution in [0.2, 0.25) is 0 Å². The van der Waals surface area contributed by atoms with Crippen LogP contribution < -0.4 is 10.3 Å². The molecule has 0 unspecified atom stereocenters. The number of azide groups is 1. The Bertz CT molecular complexity index is 1230. The van der Waals surface area contributed by atoms with Gasteiger partial charge >= 0.3 is 6.01 Å². The van der Waals surface area contributed by atoms with Crippen LogP contribution in [-0.2, 0) is 27.4 Å². The summed E-state index contributed by atoms with van der Waals surface area (Å²) in [6, 6.07) is 21.0. The number of benzene rings is 2. The molecule has 10 heteroatoms. The van der Waals surface area contributed by atoms with Gasteiger partial charge in [0.2, 0.25) is 0 Å². The minimum atomic E-state index is -1.11. The quantitative estimate of drug-likeness (QED) is 0.274. The number of fused-ring (bicyclic) bond motifs is 3. The van der Waals surface area contributed by atoms with Crippen molar-refractivity contribution in [1.29, 1.82) is 0 Å². The fourth-order valence-corrected chi connectivity index (χ4v) is 4.32. The van der Waals surface area contributed by atoms with E-state index in [0.717, 1.165) is 11.1 Å². The zero-order valence-corrected chi connectivity index (χ0v) is 18.3. The fraction of sp³-hybridized carbons (Fsp3) is 0.333. The SMILES string of the molecule is [N-]=[N+]=NC[C@]1(COCc2ccccc2)O[C@@H]2[C@@H](Oc3nc(=O)ccn32)[C@@H]1OCc1ccccc1. The number of nitrogens with zero attached hydrogens (tertiary/aromatic N) is 5. The maximum absolute atomic E-state index is 11.7. The van der Waals surface area contributed by atoms with Crippen molar-refractivity contribution in [1.82, 2.24) is 9.55 Å². The summed E-state index contributed by atoms with van der Waals surface area (Å²) in [6.07, 6.45) is -0.293. The molecule has 1 saturated heterocycles. The van der Waals surface area contributed by atoms with Crippen molar-refractivity contribution < 1.29 is 18.9 Å². The molecule has 2 aliphatic rings. The van der Waals surface area contributed by atoms with Gasteiger partial charge in [0, 0.05) is 17.2 Å². The lowest BCUT2D eigenvalue weighted by Gasteiger charge is -2.34. The fourth-order valence-electron chi connectivity index (χ4n) is 4.32. The highest BCUT2D eigenvalue weighted by atomic mass is 16.7. The zero-order valence-electron chi connectivity index (χ0n) is 18.3. The summed E-state index contributed by atoms with van der Waals surface area (Å²) in [5.41, 5.74) is 9.54. The number of hydrogen-bond acceptors (Lipinski definition) is 7. The van der Waals surface area contributed by atoms with Crippen molar-refractivity contribution in [3.8, 4) is 6.01 Å². The van der Waals surface area contributed by atoms with Crippen LogP contribution in [0, 0.1) is 0 Å².